The zero-order chi connectivity index (χ0) is 10.7. The van der Waals surface area contributed by atoms with Crippen LogP contribution in [0.5, 0.6) is 0 Å². The van der Waals surface area contributed by atoms with E-state index >= 15 is 0 Å². The van der Waals surface area contributed by atoms with Crippen LogP contribution in [0.15, 0.2) is 41.1 Å². The van der Waals surface area contributed by atoms with Gasteiger partial charge in [0.25, 0.3) is 0 Å². The van der Waals surface area contributed by atoms with Gasteiger partial charge in [-0.2, -0.15) is 0 Å². The van der Waals surface area contributed by atoms with Crippen molar-refractivity contribution in [3.8, 4) is 0 Å². The molecule has 0 N–H and O–H groups in total. The van der Waals surface area contributed by atoms with Gasteiger partial charge in [-0.1, -0.05) is 0 Å². The van der Waals surface area contributed by atoms with E-state index in [1.165, 1.54) is 7.11 Å². The van der Waals surface area contributed by atoms with E-state index in [4.69, 9.17) is 4.42 Å². The molecule has 15 heavy (non-hydrogen) atoms. The predicted octanol–water partition coefficient (Wildman–Crippen LogP) is 1.92. The minimum Gasteiger partial charge on any atom is -0.467 e. The monoisotopic (exact) mass is 205 g/mol. The Bertz CT molecular complexity index is 442. The predicted molar refractivity (Wildman–Crippen MR) is 53.6 cm³/mol. The maximum absolute atomic E-state index is 11.4. The van der Waals surface area contributed by atoms with Crippen LogP contribution < -0.4 is 0 Å². The molecule has 0 fully saturated rings. The molecule has 0 radical (unpaired) electrons. The van der Waals surface area contributed by atoms with Crippen LogP contribution in [0.2, 0.25) is 0 Å². The summed E-state index contributed by atoms with van der Waals surface area (Å²) >= 11 is 0. The van der Waals surface area contributed by atoms with Gasteiger partial charge < -0.3 is 13.7 Å². The van der Waals surface area contributed by atoms with Gasteiger partial charge in [0.1, 0.15) is 11.5 Å². The highest BCUT2D eigenvalue weighted by Gasteiger charge is 2.11. The van der Waals surface area contributed by atoms with Gasteiger partial charge in [0.05, 0.1) is 19.9 Å². The Hall–Kier alpha value is -1.97. The molecule has 0 saturated carbocycles. The lowest BCUT2D eigenvalue weighted by molar-refractivity contribution is 0.0589. The second-order valence-corrected chi connectivity index (χ2v) is 3.09. The normalized spacial score (nSPS) is 10.2. The topological polar surface area (TPSA) is 44.4 Å². The third kappa shape index (κ3) is 1.93. The lowest BCUT2D eigenvalue weighted by Crippen LogP contribution is -2.10. The Balaban J connectivity index is 2.22. The molecule has 0 saturated heterocycles. The highest BCUT2D eigenvalue weighted by Crippen LogP contribution is 2.09. The molecule has 0 amide bonds. The number of hydrogen-bond donors (Lipinski definition) is 0. The third-order valence-electron chi connectivity index (χ3n) is 2.13. The smallest absolute Gasteiger partial charge is 0.354 e. The number of carbonyl (C=O) groups is 1. The molecule has 2 aromatic rings. The summed E-state index contributed by atoms with van der Waals surface area (Å²) in [5.41, 5.74) is 0.522. The summed E-state index contributed by atoms with van der Waals surface area (Å²) in [4.78, 5) is 11.4. The fourth-order valence-electron chi connectivity index (χ4n) is 1.41. The van der Waals surface area contributed by atoms with Gasteiger partial charge in [0.15, 0.2) is 0 Å². The highest BCUT2D eigenvalue weighted by atomic mass is 16.5. The van der Waals surface area contributed by atoms with Crippen LogP contribution in [-0.4, -0.2) is 17.6 Å². The number of furan rings is 1. The number of hydrogen-bond acceptors (Lipinski definition) is 3. The standard InChI is InChI=1S/C11H11NO3/c1-14-11(13)10-5-2-6-12(10)8-9-4-3-7-15-9/h2-7H,8H2,1H3. The Morgan fingerprint density at radius 2 is 2.33 bits per heavy atom. The minimum absolute atomic E-state index is 0.341. The molecule has 2 aromatic heterocycles. The summed E-state index contributed by atoms with van der Waals surface area (Å²) in [6.45, 7) is 0.532. The lowest BCUT2D eigenvalue weighted by Gasteiger charge is -2.05. The maximum Gasteiger partial charge on any atom is 0.354 e. The van der Waals surface area contributed by atoms with Crippen LogP contribution in [0.3, 0.4) is 0 Å². The molecule has 0 bridgehead atoms. The first-order valence-electron chi connectivity index (χ1n) is 4.57. The van der Waals surface area contributed by atoms with Crippen LogP contribution in [-0.2, 0) is 11.3 Å². The molecule has 4 nitrogen and oxygen atoms in total. The average molecular weight is 205 g/mol. The van der Waals surface area contributed by atoms with E-state index in [2.05, 4.69) is 4.74 Å². The number of nitrogens with zero attached hydrogens (tertiary/aromatic N) is 1. The van der Waals surface area contributed by atoms with E-state index in [9.17, 15) is 4.79 Å². The van der Waals surface area contributed by atoms with Gasteiger partial charge in [-0.05, 0) is 24.3 Å². The largest absolute Gasteiger partial charge is 0.467 e. The molecule has 0 aromatic carbocycles. The quantitative estimate of drug-likeness (QED) is 0.719. The van der Waals surface area contributed by atoms with E-state index in [1.807, 2.05) is 18.3 Å². The highest BCUT2D eigenvalue weighted by molar-refractivity contribution is 5.87. The molecule has 2 heterocycles. The molecule has 0 spiro atoms. The van der Waals surface area contributed by atoms with Crippen molar-refractivity contribution in [3.63, 3.8) is 0 Å². The van der Waals surface area contributed by atoms with Crippen LogP contribution in [0, 0.1) is 0 Å². The van der Waals surface area contributed by atoms with Crippen molar-refractivity contribution in [3.05, 3.63) is 48.2 Å². The first kappa shape index (κ1) is 9.58. The van der Waals surface area contributed by atoms with Crippen molar-refractivity contribution in [1.29, 1.82) is 0 Å². The summed E-state index contributed by atoms with van der Waals surface area (Å²) in [6, 6.07) is 7.20. The van der Waals surface area contributed by atoms with E-state index in [1.54, 1.807) is 23.0 Å². The van der Waals surface area contributed by atoms with E-state index in [0.29, 0.717) is 12.2 Å². The number of methoxy groups -OCH3 is 1. The zero-order valence-electron chi connectivity index (χ0n) is 8.34. The summed E-state index contributed by atoms with van der Waals surface area (Å²) in [7, 11) is 1.37. The molecule has 0 aliphatic rings. The Labute approximate surface area is 87.1 Å². The summed E-state index contributed by atoms with van der Waals surface area (Å²) < 4.78 is 11.6. The molecule has 78 valence electrons. The van der Waals surface area contributed by atoms with E-state index < -0.39 is 0 Å². The summed E-state index contributed by atoms with van der Waals surface area (Å²) in [5, 5.41) is 0. The van der Waals surface area contributed by atoms with Crippen molar-refractivity contribution in [2.24, 2.45) is 0 Å². The number of ether oxygens (including phenoxy) is 1. The zero-order valence-corrected chi connectivity index (χ0v) is 8.34. The second kappa shape index (κ2) is 4.04. The van der Waals surface area contributed by atoms with Gasteiger partial charge in [0, 0.05) is 6.20 Å². The summed E-state index contributed by atoms with van der Waals surface area (Å²) in [5.74, 6) is 0.461. The van der Waals surface area contributed by atoms with E-state index in [0.717, 1.165) is 5.76 Å². The van der Waals surface area contributed by atoms with Gasteiger partial charge in [-0.15, -0.1) is 0 Å². The third-order valence-corrected chi connectivity index (χ3v) is 2.13. The molecule has 0 atom stereocenters. The van der Waals surface area contributed by atoms with Gasteiger partial charge in [0.2, 0.25) is 0 Å². The Morgan fingerprint density at radius 1 is 1.47 bits per heavy atom. The van der Waals surface area contributed by atoms with Gasteiger partial charge >= 0.3 is 5.97 Å². The Morgan fingerprint density at radius 3 is 3.00 bits per heavy atom. The maximum atomic E-state index is 11.4. The first-order valence-corrected chi connectivity index (χ1v) is 4.57. The first-order chi connectivity index (χ1) is 7.31. The fourth-order valence-corrected chi connectivity index (χ4v) is 1.41. The van der Waals surface area contributed by atoms with Gasteiger partial charge in [-0.3, -0.25) is 0 Å². The van der Waals surface area contributed by atoms with Crippen LogP contribution >= 0.6 is 0 Å². The van der Waals surface area contributed by atoms with Crippen molar-refractivity contribution < 1.29 is 13.9 Å². The SMILES string of the molecule is COC(=O)c1cccn1Cc1ccco1. The summed E-state index contributed by atoms with van der Waals surface area (Å²) in [6.07, 6.45) is 3.42. The minimum atomic E-state index is -0.341. The molecule has 0 unspecified atom stereocenters. The molecule has 0 aliphatic heterocycles. The second-order valence-electron chi connectivity index (χ2n) is 3.09. The molecular formula is C11H11NO3. The fraction of sp³-hybridized carbons (Fsp3) is 0.182. The number of carbonyl (C=O) groups excluding carboxylic acids is 1. The van der Waals surface area contributed by atoms with Crippen molar-refractivity contribution in [2.75, 3.05) is 7.11 Å². The van der Waals surface area contributed by atoms with E-state index in [-0.39, 0.29) is 5.97 Å². The van der Waals surface area contributed by atoms with Crippen LogP contribution in [0.25, 0.3) is 0 Å². The molecular weight excluding hydrogens is 194 g/mol. The molecule has 2 rings (SSSR count). The van der Waals surface area contributed by atoms with Crippen LogP contribution in [0.4, 0.5) is 0 Å². The molecule has 0 aliphatic carbocycles. The number of aromatic nitrogens is 1. The average Bonchev–Trinajstić information content (AvgIpc) is 2.88. The Kier molecular flexibility index (Phi) is 2.58. The number of rotatable bonds is 3. The number of esters is 1. The van der Waals surface area contributed by atoms with Crippen molar-refractivity contribution in [1.82, 2.24) is 4.57 Å². The van der Waals surface area contributed by atoms with Crippen LogP contribution in [0.1, 0.15) is 16.2 Å². The van der Waals surface area contributed by atoms with Crippen molar-refractivity contribution >= 4 is 5.97 Å². The van der Waals surface area contributed by atoms with Crippen molar-refractivity contribution in [2.45, 2.75) is 6.54 Å². The lowest BCUT2D eigenvalue weighted by atomic mass is 10.4. The molecule has 4 heteroatoms. The van der Waals surface area contributed by atoms with Gasteiger partial charge in [-0.25, -0.2) is 4.79 Å².